The van der Waals surface area contributed by atoms with Crippen molar-refractivity contribution in [2.24, 2.45) is 0 Å². The van der Waals surface area contributed by atoms with Gasteiger partial charge >= 0.3 is 0 Å². The van der Waals surface area contributed by atoms with E-state index in [1.165, 1.54) is 54.0 Å². The summed E-state index contributed by atoms with van der Waals surface area (Å²) in [6.45, 7) is 4.72. The largest absolute Gasteiger partial charge is 0.294 e. The van der Waals surface area contributed by atoms with Crippen LogP contribution in [-0.4, -0.2) is 23.0 Å². The molecule has 1 aliphatic heterocycles. The molecule has 3 rings (SSSR count). The van der Waals surface area contributed by atoms with Gasteiger partial charge in [0.05, 0.1) is 16.3 Å². The van der Waals surface area contributed by atoms with E-state index < -0.39 is 0 Å². The molecule has 2 aromatic rings. The van der Waals surface area contributed by atoms with Gasteiger partial charge in [-0.15, -0.1) is 23.7 Å². The minimum atomic E-state index is 0. The normalized spacial score (nSPS) is 20.4. The number of thiazole rings is 1. The standard InChI is InChI=1S/C15H20N2S.ClH/c1-2-10-17-11-6-5-8-13(17)15-16-12-7-3-4-9-14(12)18-15;/h3-4,7,9,13H,2,5-6,8,10-11H2,1H3;1H. The van der Waals surface area contributed by atoms with Crippen LogP contribution in [0.15, 0.2) is 24.3 Å². The van der Waals surface area contributed by atoms with Crippen molar-refractivity contribution in [3.05, 3.63) is 29.3 Å². The van der Waals surface area contributed by atoms with E-state index in [1.54, 1.807) is 0 Å². The predicted molar refractivity (Wildman–Crippen MR) is 85.3 cm³/mol. The van der Waals surface area contributed by atoms with Crippen molar-refractivity contribution in [3.63, 3.8) is 0 Å². The summed E-state index contributed by atoms with van der Waals surface area (Å²) in [6, 6.07) is 9.06. The highest BCUT2D eigenvalue weighted by Crippen LogP contribution is 2.35. The molecule has 1 aromatic heterocycles. The summed E-state index contributed by atoms with van der Waals surface area (Å²) >= 11 is 1.88. The van der Waals surface area contributed by atoms with Crippen LogP contribution >= 0.6 is 23.7 Å². The lowest BCUT2D eigenvalue weighted by Gasteiger charge is -2.34. The number of para-hydroxylation sites is 1. The quantitative estimate of drug-likeness (QED) is 0.819. The number of piperidine rings is 1. The van der Waals surface area contributed by atoms with E-state index in [0.29, 0.717) is 6.04 Å². The molecule has 1 atom stereocenters. The number of hydrogen-bond acceptors (Lipinski definition) is 3. The summed E-state index contributed by atoms with van der Waals surface area (Å²) in [5.74, 6) is 0. The maximum Gasteiger partial charge on any atom is 0.111 e. The molecule has 2 nitrogen and oxygen atoms in total. The Morgan fingerprint density at radius 1 is 1.32 bits per heavy atom. The van der Waals surface area contributed by atoms with Gasteiger partial charge in [-0.2, -0.15) is 0 Å². The van der Waals surface area contributed by atoms with Gasteiger partial charge in [0, 0.05) is 0 Å². The van der Waals surface area contributed by atoms with E-state index in [1.807, 2.05) is 11.3 Å². The molecule has 0 saturated carbocycles. The summed E-state index contributed by atoms with van der Waals surface area (Å²) in [5, 5.41) is 1.32. The molecule has 2 heterocycles. The number of halogens is 1. The molecule has 104 valence electrons. The lowest BCUT2D eigenvalue weighted by atomic mass is 10.0. The van der Waals surface area contributed by atoms with E-state index in [9.17, 15) is 0 Å². The first-order valence-electron chi connectivity index (χ1n) is 6.98. The molecule has 0 N–H and O–H groups in total. The van der Waals surface area contributed by atoms with Crippen molar-refractivity contribution in [3.8, 4) is 0 Å². The van der Waals surface area contributed by atoms with Gasteiger partial charge in [0.2, 0.25) is 0 Å². The molecular formula is C15H21ClN2S. The van der Waals surface area contributed by atoms with Gasteiger partial charge in [0.1, 0.15) is 5.01 Å². The Balaban J connectivity index is 0.00000133. The number of hydrogen-bond donors (Lipinski definition) is 0. The Morgan fingerprint density at radius 2 is 2.16 bits per heavy atom. The Bertz CT molecular complexity index is 491. The minimum Gasteiger partial charge on any atom is -0.294 e. The van der Waals surface area contributed by atoms with Crippen LogP contribution in [0.25, 0.3) is 10.2 Å². The van der Waals surface area contributed by atoms with Crippen LogP contribution in [0.4, 0.5) is 0 Å². The highest BCUT2D eigenvalue weighted by Gasteiger charge is 2.25. The molecule has 1 fully saturated rings. The third-order valence-electron chi connectivity index (χ3n) is 3.72. The molecule has 1 saturated heterocycles. The zero-order valence-electron chi connectivity index (χ0n) is 11.3. The van der Waals surface area contributed by atoms with Crippen molar-refractivity contribution < 1.29 is 0 Å². The molecule has 0 radical (unpaired) electrons. The van der Waals surface area contributed by atoms with Gasteiger partial charge in [-0.25, -0.2) is 4.98 Å². The second kappa shape index (κ2) is 6.69. The first-order chi connectivity index (χ1) is 8.88. The van der Waals surface area contributed by atoms with Crippen LogP contribution in [-0.2, 0) is 0 Å². The summed E-state index contributed by atoms with van der Waals surface area (Å²) < 4.78 is 1.33. The molecule has 0 spiro atoms. The second-order valence-corrected chi connectivity index (χ2v) is 6.13. The van der Waals surface area contributed by atoms with Gasteiger partial charge in [-0.1, -0.05) is 25.5 Å². The SMILES string of the molecule is CCCN1CCCCC1c1nc2ccccc2s1.Cl. The Labute approximate surface area is 125 Å². The van der Waals surface area contributed by atoms with E-state index >= 15 is 0 Å². The highest BCUT2D eigenvalue weighted by atomic mass is 35.5. The fraction of sp³-hybridized carbons (Fsp3) is 0.533. The van der Waals surface area contributed by atoms with Crippen LogP contribution in [0.2, 0.25) is 0 Å². The van der Waals surface area contributed by atoms with Crippen LogP contribution in [0.5, 0.6) is 0 Å². The highest BCUT2D eigenvalue weighted by molar-refractivity contribution is 7.18. The summed E-state index contributed by atoms with van der Waals surface area (Å²) in [7, 11) is 0. The second-order valence-electron chi connectivity index (χ2n) is 5.07. The van der Waals surface area contributed by atoms with E-state index in [-0.39, 0.29) is 12.4 Å². The van der Waals surface area contributed by atoms with Gasteiger partial charge in [-0.3, -0.25) is 4.90 Å². The topological polar surface area (TPSA) is 16.1 Å². The monoisotopic (exact) mass is 296 g/mol. The number of fused-ring (bicyclic) bond motifs is 1. The van der Waals surface area contributed by atoms with Crippen molar-refractivity contribution in [2.45, 2.75) is 38.6 Å². The lowest BCUT2D eigenvalue weighted by Crippen LogP contribution is -2.33. The molecular weight excluding hydrogens is 276 g/mol. The molecule has 1 unspecified atom stereocenters. The number of nitrogens with zero attached hydrogens (tertiary/aromatic N) is 2. The van der Waals surface area contributed by atoms with E-state index in [0.717, 1.165) is 0 Å². The molecule has 0 aliphatic carbocycles. The molecule has 1 aromatic carbocycles. The summed E-state index contributed by atoms with van der Waals surface area (Å²) in [4.78, 5) is 7.47. The maximum atomic E-state index is 4.85. The molecule has 0 amide bonds. The fourth-order valence-corrected chi connectivity index (χ4v) is 4.00. The van der Waals surface area contributed by atoms with Crippen LogP contribution < -0.4 is 0 Å². The molecule has 1 aliphatic rings. The number of likely N-dealkylation sites (tertiary alicyclic amines) is 1. The van der Waals surface area contributed by atoms with Gasteiger partial charge in [0.25, 0.3) is 0 Å². The number of rotatable bonds is 3. The van der Waals surface area contributed by atoms with Crippen molar-refractivity contribution in [1.29, 1.82) is 0 Å². The van der Waals surface area contributed by atoms with Crippen LogP contribution in [0.3, 0.4) is 0 Å². The van der Waals surface area contributed by atoms with Gasteiger partial charge in [-0.05, 0) is 44.5 Å². The first-order valence-corrected chi connectivity index (χ1v) is 7.79. The third-order valence-corrected chi connectivity index (χ3v) is 4.86. The Kier molecular flexibility index (Phi) is 5.20. The zero-order chi connectivity index (χ0) is 12.4. The molecule has 0 bridgehead atoms. The average molecular weight is 297 g/mol. The lowest BCUT2D eigenvalue weighted by molar-refractivity contribution is 0.149. The zero-order valence-corrected chi connectivity index (χ0v) is 13.0. The van der Waals surface area contributed by atoms with Gasteiger partial charge < -0.3 is 0 Å². The number of aromatic nitrogens is 1. The van der Waals surface area contributed by atoms with Crippen molar-refractivity contribution in [2.75, 3.05) is 13.1 Å². The Morgan fingerprint density at radius 3 is 2.95 bits per heavy atom. The minimum absolute atomic E-state index is 0. The molecule has 19 heavy (non-hydrogen) atoms. The predicted octanol–water partition coefficient (Wildman–Crippen LogP) is 4.66. The maximum absolute atomic E-state index is 4.85. The van der Waals surface area contributed by atoms with E-state index in [4.69, 9.17) is 4.98 Å². The number of benzene rings is 1. The average Bonchev–Trinajstić information content (AvgIpc) is 2.83. The van der Waals surface area contributed by atoms with Gasteiger partial charge in [0.15, 0.2) is 0 Å². The molecule has 4 heteroatoms. The fourth-order valence-electron chi connectivity index (χ4n) is 2.86. The Hall–Kier alpha value is -0.640. The van der Waals surface area contributed by atoms with E-state index in [2.05, 4.69) is 36.1 Å². The summed E-state index contributed by atoms with van der Waals surface area (Å²) in [6.07, 6.45) is 5.21. The van der Waals surface area contributed by atoms with Crippen LogP contribution in [0, 0.1) is 0 Å². The van der Waals surface area contributed by atoms with Crippen molar-refractivity contribution in [1.82, 2.24) is 9.88 Å². The first kappa shape index (κ1) is 14.8. The smallest absolute Gasteiger partial charge is 0.111 e. The van der Waals surface area contributed by atoms with Crippen molar-refractivity contribution >= 4 is 34.0 Å². The van der Waals surface area contributed by atoms with Crippen LogP contribution in [0.1, 0.15) is 43.7 Å². The third kappa shape index (κ3) is 3.10. The summed E-state index contributed by atoms with van der Waals surface area (Å²) in [5.41, 5.74) is 1.17.